The Hall–Kier alpha value is -2.32. The number of nitrogens with zero attached hydrogens (tertiary/aromatic N) is 3. The lowest BCUT2D eigenvalue weighted by Crippen LogP contribution is -2.43. The summed E-state index contributed by atoms with van der Waals surface area (Å²) in [7, 11) is -7.26. The number of sulfonamides is 1. The van der Waals surface area contributed by atoms with Gasteiger partial charge in [-0.25, -0.2) is 16.8 Å². The first-order chi connectivity index (χ1) is 16.1. The van der Waals surface area contributed by atoms with Crippen LogP contribution < -0.4 is 5.32 Å². The zero-order chi connectivity index (χ0) is 24.3. The van der Waals surface area contributed by atoms with Crippen molar-refractivity contribution in [2.75, 3.05) is 24.2 Å². The second-order valence-corrected chi connectivity index (χ2v) is 13.6. The van der Waals surface area contributed by atoms with Gasteiger partial charge in [-0.1, -0.05) is 34.9 Å². The number of carbonyl (C=O) groups is 1. The van der Waals surface area contributed by atoms with Gasteiger partial charge in [-0.15, -0.1) is 16.4 Å². The first kappa shape index (κ1) is 24.8. The smallest absolute Gasteiger partial charge is 0.322 e. The number of thiophene rings is 1. The Morgan fingerprint density at radius 1 is 1.15 bits per heavy atom. The average Bonchev–Trinajstić information content (AvgIpc) is 3.47. The Kier molecular flexibility index (Phi) is 7.38. The van der Waals surface area contributed by atoms with Gasteiger partial charge in [0.05, 0.1) is 20.9 Å². The molecule has 1 atom stereocenters. The molecule has 1 aliphatic rings. The quantitative estimate of drug-likeness (QED) is 0.456. The largest absolute Gasteiger partial charge is 0.408 e. The van der Waals surface area contributed by atoms with Crippen molar-refractivity contribution in [3.8, 4) is 0 Å². The maximum atomic E-state index is 12.8. The lowest BCUT2D eigenvalue weighted by molar-refractivity contribution is -0.121. The molecule has 1 aliphatic heterocycles. The molecule has 3 heterocycles. The molecule has 1 fully saturated rings. The minimum absolute atomic E-state index is 0.0139. The Balaban J connectivity index is 1.35. The van der Waals surface area contributed by atoms with Gasteiger partial charge in [-0.2, -0.15) is 4.31 Å². The molecule has 0 saturated carbocycles. The second-order valence-electron chi connectivity index (χ2n) is 7.63. The fourth-order valence-corrected chi connectivity index (χ4v) is 7.93. The molecule has 1 unspecified atom stereocenters. The highest BCUT2D eigenvalue weighted by Gasteiger charge is 2.34. The summed E-state index contributed by atoms with van der Waals surface area (Å²) >= 11 is 6.84. The molecule has 2 aromatic heterocycles. The molecule has 0 radical (unpaired) electrons. The van der Waals surface area contributed by atoms with Crippen LogP contribution in [0, 0.1) is 5.92 Å². The normalized spacial score (nSPS) is 17.5. The monoisotopic (exact) mass is 544 g/mol. The molecule has 1 N–H and O–H groups in total. The molecule has 4 rings (SSSR count). The number of amides is 1. The number of benzene rings is 1. The van der Waals surface area contributed by atoms with Gasteiger partial charge in [0, 0.05) is 19.5 Å². The zero-order valence-electron chi connectivity index (χ0n) is 17.8. The number of hydrogen-bond donors (Lipinski definition) is 1. The van der Waals surface area contributed by atoms with E-state index in [9.17, 15) is 21.6 Å². The summed E-state index contributed by atoms with van der Waals surface area (Å²) in [5, 5.41) is 10.1. The van der Waals surface area contributed by atoms with Gasteiger partial charge in [0.25, 0.3) is 10.0 Å². The highest BCUT2D eigenvalue weighted by Crippen LogP contribution is 2.31. The molecule has 0 spiro atoms. The molecule has 14 heteroatoms. The number of piperidine rings is 1. The number of nitrogens with one attached hydrogen (secondary N) is 1. The van der Waals surface area contributed by atoms with E-state index in [0.717, 1.165) is 11.3 Å². The summed E-state index contributed by atoms with van der Waals surface area (Å²) in [4.78, 5) is 12.9. The summed E-state index contributed by atoms with van der Waals surface area (Å²) < 4.78 is 57.6. The van der Waals surface area contributed by atoms with Gasteiger partial charge in [0.2, 0.25) is 11.8 Å². The molecule has 0 aliphatic carbocycles. The zero-order valence-corrected chi connectivity index (χ0v) is 21.0. The molecular weight excluding hydrogens is 524 g/mol. The number of anilines is 1. The van der Waals surface area contributed by atoms with Crippen LogP contribution >= 0.6 is 22.9 Å². The van der Waals surface area contributed by atoms with E-state index in [1.807, 2.05) is 0 Å². The lowest BCUT2D eigenvalue weighted by Gasteiger charge is -2.30. The number of hydrogen-bond acceptors (Lipinski definition) is 9. The average molecular weight is 545 g/mol. The highest BCUT2D eigenvalue weighted by molar-refractivity contribution is 7.91. The Labute approximate surface area is 205 Å². The van der Waals surface area contributed by atoms with E-state index < -0.39 is 31.7 Å². The third-order valence-electron chi connectivity index (χ3n) is 5.28. The summed E-state index contributed by atoms with van der Waals surface area (Å²) in [5.41, 5.74) is 0. The lowest BCUT2D eigenvalue weighted by atomic mass is 9.99. The number of rotatable bonds is 8. The molecule has 1 amide bonds. The number of sulfone groups is 1. The van der Waals surface area contributed by atoms with Crippen molar-refractivity contribution in [2.45, 2.75) is 28.4 Å². The summed E-state index contributed by atoms with van der Waals surface area (Å²) in [5.74, 6) is -1.21. The standard InChI is InChI=1S/C20H21ClN4O6S3/c21-16-8-9-18(32-16)34(29,30)25-11-4-5-14(13-25)19(26)22-20-24-23-17(31-20)10-12-33(27,28)15-6-2-1-3-7-15/h1-3,6-9,14H,4-5,10-13H2,(H,22,24,26). The van der Waals surface area contributed by atoms with Crippen LogP contribution in [0.2, 0.25) is 4.34 Å². The molecule has 1 saturated heterocycles. The van der Waals surface area contributed by atoms with Crippen molar-refractivity contribution in [2.24, 2.45) is 5.92 Å². The summed E-state index contributed by atoms with van der Waals surface area (Å²) in [6, 6.07) is 10.8. The fraction of sp³-hybridized carbons (Fsp3) is 0.350. The molecule has 1 aromatic carbocycles. The van der Waals surface area contributed by atoms with Crippen molar-refractivity contribution in [1.82, 2.24) is 14.5 Å². The van der Waals surface area contributed by atoms with Gasteiger partial charge in [0.15, 0.2) is 9.84 Å². The molecule has 3 aromatic rings. The van der Waals surface area contributed by atoms with E-state index in [4.69, 9.17) is 16.0 Å². The van der Waals surface area contributed by atoms with Crippen molar-refractivity contribution in [1.29, 1.82) is 0 Å². The van der Waals surface area contributed by atoms with Crippen LogP contribution in [-0.2, 0) is 31.1 Å². The van der Waals surface area contributed by atoms with Crippen LogP contribution in [0.5, 0.6) is 0 Å². The minimum atomic E-state index is -3.74. The molecule has 34 heavy (non-hydrogen) atoms. The van der Waals surface area contributed by atoms with E-state index in [0.29, 0.717) is 23.7 Å². The fourth-order valence-electron chi connectivity index (χ4n) is 3.52. The molecule has 0 bridgehead atoms. The van der Waals surface area contributed by atoms with Crippen LogP contribution in [0.15, 0.2) is 56.0 Å². The van der Waals surface area contributed by atoms with E-state index in [-0.39, 0.29) is 39.7 Å². The van der Waals surface area contributed by atoms with Crippen LogP contribution in [-0.4, -0.2) is 56.1 Å². The van der Waals surface area contributed by atoms with Gasteiger partial charge in [0.1, 0.15) is 4.21 Å². The number of carbonyl (C=O) groups excluding carboxylic acids is 1. The van der Waals surface area contributed by atoms with Crippen molar-refractivity contribution >= 4 is 54.7 Å². The Bertz CT molecular complexity index is 1370. The molecular formula is C20H21ClN4O6S3. The second kappa shape index (κ2) is 10.1. The van der Waals surface area contributed by atoms with Crippen LogP contribution in [0.4, 0.5) is 6.01 Å². The van der Waals surface area contributed by atoms with Gasteiger partial charge in [-0.05, 0) is 37.1 Å². The highest BCUT2D eigenvalue weighted by atomic mass is 35.5. The van der Waals surface area contributed by atoms with E-state index in [1.54, 1.807) is 18.2 Å². The van der Waals surface area contributed by atoms with E-state index in [1.165, 1.54) is 28.6 Å². The summed E-state index contributed by atoms with van der Waals surface area (Å²) in [6.07, 6.45) is 1.00. The van der Waals surface area contributed by atoms with Crippen LogP contribution in [0.25, 0.3) is 0 Å². The topological polar surface area (TPSA) is 140 Å². The number of halogens is 1. The van der Waals surface area contributed by atoms with Gasteiger partial charge in [-0.3, -0.25) is 10.1 Å². The SMILES string of the molecule is O=C(Nc1nnc(CCS(=O)(=O)c2ccccc2)o1)C1CCCN(S(=O)(=O)c2ccc(Cl)s2)C1. The third kappa shape index (κ3) is 5.66. The van der Waals surface area contributed by atoms with Crippen molar-refractivity contribution < 1.29 is 26.0 Å². The Morgan fingerprint density at radius 3 is 2.62 bits per heavy atom. The van der Waals surface area contributed by atoms with Crippen LogP contribution in [0.1, 0.15) is 18.7 Å². The third-order valence-corrected chi connectivity index (χ3v) is 10.6. The van der Waals surface area contributed by atoms with Crippen LogP contribution in [0.3, 0.4) is 0 Å². The van der Waals surface area contributed by atoms with Gasteiger partial charge < -0.3 is 4.42 Å². The maximum Gasteiger partial charge on any atom is 0.322 e. The minimum Gasteiger partial charge on any atom is -0.408 e. The van der Waals surface area contributed by atoms with E-state index in [2.05, 4.69) is 15.5 Å². The summed E-state index contributed by atoms with van der Waals surface area (Å²) in [6.45, 7) is 0.322. The number of aryl methyl sites for hydroxylation is 1. The van der Waals surface area contributed by atoms with E-state index >= 15 is 0 Å². The van der Waals surface area contributed by atoms with Crippen molar-refractivity contribution in [3.63, 3.8) is 0 Å². The first-order valence-corrected chi connectivity index (χ1v) is 14.6. The molecule has 10 nitrogen and oxygen atoms in total. The maximum absolute atomic E-state index is 12.8. The first-order valence-electron chi connectivity index (χ1n) is 10.3. The molecule has 182 valence electrons. The predicted octanol–water partition coefficient (Wildman–Crippen LogP) is 2.84. The predicted molar refractivity (Wildman–Crippen MR) is 126 cm³/mol. The van der Waals surface area contributed by atoms with Crippen molar-refractivity contribution in [3.05, 3.63) is 52.7 Å². The number of aromatic nitrogens is 2. The van der Waals surface area contributed by atoms with Gasteiger partial charge >= 0.3 is 6.01 Å². The Morgan fingerprint density at radius 2 is 1.91 bits per heavy atom.